The van der Waals surface area contributed by atoms with Gasteiger partial charge >= 0.3 is 0 Å². The molecule has 1 aliphatic rings. The number of nitrogens with one attached hydrogen (secondary N) is 2. The minimum Gasteiger partial charge on any atom is -0.374 e. The summed E-state index contributed by atoms with van der Waals surface area (Å²) in [7, 11) is 0. The lowest BCUT2D eigenvalue weighted by molar-refractivity contribution is -0.117. The minimum atomic E-state index is -0.122. The van der Waals surface area contributed by atoms with Gasteiger partial charge in [-0.3, -0.25) is 9.59 Å². The predicted octanol–water partition coefficient (Wildman–Crippen LogP) is 3.17. The summed E-state index contributed by atoms with van der Waals surface area (Å²) >= 11 is 0. The number of carbonyl (C=O) groups is 2. The highest BCUT2D eigenvalue weighted by atomic mass is 16.2. The van der Waals surface area contributed by atoms with E-state index in [1.54, 1.807) is 4.90 Å². The van der Waals surface area contributed by atoms with Crippen LogP contribution in [-0.4, -0.2) is 24.9 Å². The largest absolute Gasteiger partial charge is 0.374 e. The van der Waals surface area contributed by atoms with Crippen LogP contribution in [0.2, 0.25) is 0 Å². The number of amides is 2. The normalized spacial score (nSPS) is 13.9. The zero-order chi connectivity index (χ0) is 16.9. The van der Waals surface area contributed by atoms with Crippen molar-refractivity contribution in [3.8, 4) is 0 Å². The molecule has 2 aromatic carbocycles. The molecule has 0 spiro atoms. The van der Waals surface area contributed by atoms with Crippen LogP contribution in [0.25, 0.3) is 0 Å². The van der Waals surface area contributed by atoms with Gasteiger partial charge in [-0.1, -0.05) is 24.3 Å². The first-order valence-corrected chi connectivity index (χ1v) is 8.13. The van der Waals surface area contributed by atoms with Crippen molar-refractivity contribution >= 4 is 28.9 Å². The fourth-order valence-corrected chi connectivity index (χ4v) is 2.86. The second-order valence-electron chi connectivity index (χ2n) is 5.94. The molecule has 0 saturated carbocycles. The van der Waals surface area contributed by atoms with Crippen LogP contribution < -0.4 is 15.5 Å². The topological polar surface area (TPSA) is 61.4 Å². The highest BCUT2D eigenvalue weighted by Crippen LogP contribution is 2.29. The first-order chi connectivity index (χ1) is 11.6. The van der Waals surface area contributed by atoms with Gasteiger partial charge in [0.25, 0.3) is 0 Å². The molecule has 3 rings (SSSR count). The molecule has 0 aromatic heterocycles. The van der Waals surface area contributed by atoms with Gasteiger partial charge in [-0.05, 0) is 43.2 Å². The second-order valence-corrected chi connectivity index (χ2v) is 5.94. The number of para-hydroxylation sites is 2. The Morgan fingerprint density at radius 3 is 2.75 bits per heavy atom. The molecule has 0 aliphatic carbocycles. The van der Waals surface area contributed by atoms with Crippen LogP contribution in [0.5, 0.6) is 0 Å². The van der Waals surface area contributed by atoms with Gasteiger partial charge in [-0.15, -0.1) is 0 Å². The Morgan fingerprint density at radius 1 is 1.17 bits per heavy atom. The fourth-order valence-electron chi connectivity index (χ4n) is 2.86. The molecule has 1 heterocycles. The van der Waals surface area contributed by atoms with Gasteiger partial charge < -0.3 is 15.5 Å². The van der Waals surface area contributed by atoms with E-state index >= 15 is 0 Å². The zero-order valence-electron chi connectivity index (χ0n) is 13.7. The molecule has 0 bridgehead atoms. The number of hydrogen-bond acceptors (Lipinski definition) is 3. The van der Waals surface area contributed by atoms with Crippen LogP contribution in [0.1, 0.15) is 18.4 Å². The molecule has 5 nitrogen and oxygen atoms in total. The van der Waals surface area contributed by atoms with Gasteiger partial charge in [0.2, 0.25) is 11.8 Å². The van der Waals surface area contributed by atoms with E-state index < -0.39 is 0 Å². The lowest BCUT2D eigenvalue weighted by Crippen LogP contribution is -2.26. The maximum atomic E-state index is 12.1. The first kappa shape index (κ1) is 16.1. The summed E-state index contributed by atoms with van der Waals surface area (Å²) in [6, 6.07) is 15.3. The van der Waals surface area contributed by atoms with Crippen molar-refractivity contribution in [2.24, 2.45) is 0 Å². The van der Waals surface area contributed by atoms with Gasteiger partial charge in [-0.2, -0.15) is 0 Å². The summed E-state index contributed by atoms with van der Waals surface area (Å²) in [5, 5.41) is 6.01. The Morgan fingerprint density at radius 2 is 2.00 bits per heavy atom. The van der Waals surface area contributed by atoms with Gasteiger partial charge in [0, 0.05) is 18.7 Å². The predicted molar refractivity (Wildman–Crippen MR) is 96.3 cm³/mol. The lowest BCUT2D eigenvalue weighted by Gasteiger charge is -2.20. The van der Waals surface area contributed by atoms with Crippen molar-refractivity contribution in [3.05, 3.63) is 54.1 Å². The van der Waals surface area contributed by atoms with Crippen molar-refractivity contribution < 1.29 is 9.59 Å². The highest BCUT2D eigenvalue weighted by molar-refractivity contribution is 5.99. The summed E-state index contributed by atoms with van der Waals surface area (Å²) in [4.78, 5) is 25.9. The number of carbonyl (C=O) groups excluding carboxylic acids is 2. The van der Waals surface area contributed by atoms with E-state index in [4.69, 9.17) is 0 Å². The van der Waals surface area contributed by atoms with E-state index in [-0.39, 0.29) is 18.4 Å². The number of nitrogens with zero attached hydrogens (tertiary/aromatic N) is 1. The molecule has 124 valence electrons. The smallest absolute Gasteiger partial charge is 0.243 e. The second kappa shape index (κ2) is 7.17. The molecular weight excluding hydrogens is 302 g/mol. The van der Waals surface area contributed by atoms with E-state index in [9.17, 15) is 9.59 Å². The maximum absolute atomic E-state index is 12.1. The molecule has 1 saturated heterocycles. The van der Waals surface area contributed by atoms with Crippen molar-refractivity contribution in [2.75, 3.05) is 28.6 Å². The van der Waals surface area contributed by atoms with Gasteiger partial charge in [-0.25, -0.2) is 0 Å². The Bertz CT molecular complexity index is 758. The number of aryl methyl sites for hydroxylation is 1. The number of rotatable bonds is 5. The number of anilines is 3. The minimum absolute atomic E-state index is 0.122. The number of benzene rings is 2. The molecule has 0 radical (unpaired) electrons. The molecular formula is C19H21N3O2. The quantitative estimate of drug-likeness (QED) is 0.888. The molecule has 1 fully saturated rings. The molecule has 2 N–H and O–H groups in total. The lowest BCUT2D eigenvalue weighted by atomic mass is 10.2. The third-order valence-corrected chi connectivity index (χ3v) is 4.01. The van der Waals surface area contributed by atoms with Gasteiger partial charge in [0.1, 0.15) is 0 Å². The molecule has 0 atom stereocenters. The van der Waals surface area contributed by atoms with Crippen LogP contribution in [0.3, 0.4) is 0 Å². The Hall–Kier alpha value is -2.82. The SMILES string of the molecule is Cc1cccc(NC(=O)CNc2ccccc2N2CCCC2=O)c1. The Kier molecular flexibility index (Phi) is 4.79. The van der Waals surface area contributed by atoms with E-state index in [1.807, 2.05) is 55.5 Å². The third kappa shape index (κ3) is 3.74. The van der Waals surface area contributed by atoms with Crippen LogP contribution in [0.15, 0.2) is 48.5 Å². The van der Waals surface area contributed by atoms with Crippen molar-refractivity contribution in [1.82, 2.24) is 0 Å². The summed E-state index contributed by atoms with van der Waals surface area (Å²) in [6.07, 6.45) is 1.46. The van der Waals surface area contributed by atoms with Crippen molar-refractivity contribution in [1.29, 1.82) is 0 Å². The van der Waals surface area contributed by atoms with Crippen LogP contribution in [0.4, 0.5) is 17.1 Å². The summed E-state index contributed by atoms with van der Waals surface area (Å²) in [5.74, 6) is 0.0108. The Labute approximate surface area is 141 Å². The van der Waals surface area contributed by atoms with Crippen LogP contribution in [-0.2, 0) is 9.59 Å². The molecule has 5 heteroatoms. The molecule has 2 aromatic rings. The van der Waals surface area contributed by atoms with Gasteiger partial charge in [0.05, 0.1) is 17.9 Å². The first-order valence-electron chi connectivity index (χ1n) is 8.13. The number of hydrogen-bond donors (Lipinski definition) is 2. The van der Waals surface area contributed by atoms with Gasteiger partial charge in [0.15, 0.2) is 0 Å². The average molecular weight is 323 g/mol. The Balaban J connectivity index is 1.64. The molecule has 2 amide bonds. The van der Waals surface area contributed by atoms with Crippen molar-refractivity contribution in [3.63, 3.8) is 0 Å². The molecule has 0 unspecified atom stereocenters. The standard InChI is InChI=1S/C19H21N3O2/c1-14-6-4-7-15(12-14)21-18(23)13-20-16-8-2-3-9-17(16)22-11-5-10-19(22)24/h2-4,6-9,12,20H,5,10-11,13H2,1H3,(H,21,23). The monoisotopic (exact) mass is 323 g/mol. The summed E-state index contributed by atoms with van der Waals surface area (Å²) in [6.45, 7) is 2.86. The highest BCUT2D eigenvalue weighted by Gasteiger charge is 2.23. The van der Waals surface area contributed by atoms with Crippen molar-refractivity contribution in [2.45, 2.75) is 19.8 Å². The van der Waals surface area contributed by atoms with E-state index in [1.165, 1.54) is 0 Å². The van der Waals surface area contributed by atoms with E-state index in [0.717, 1.165) is 35.6 Å². The summed E-state index contributed by atoms with van der Waals surface area (Å²) in [5.41, 5.74) is 3.51. The van der Waals surface area contributed by atoms with E-state index in [2.05, 4.69) is 10.6 Å². The molecule has 24 heavy (non-hydrogen) atoms. The molecule has 1 aliphatic heterocycles. The average Bonchev–Trinajstić information content (AvgIpc) is 2.99. The zero-order valence-corrected chi connectivity index (χ0v) is 13.7. The third-order valence-electron chi connectivity index (χ3n) is 4.01. The van der Waals surface area contributed by atoms with E-state index in [0.29, 0.717) is 6.42 Å². The summed E-state index contributed by atoms with van der Waals surface area (Å²) < 4.78 is 0. The van der Waals surface area contributed by atoms with Crippen LogP contribution >= 0.6 is 0 Å². The maximum Gasteiger partial charge on any atom is 0.243 e. The van der Waals surface area contributed by atoms with Crippen LogP contribution in [0, 0.1) is 6.92 Å². The fraction of sp³-hybridized carbons (Fsp3) is 0.263.